The van der Waals surface area contributed by atoms with Crippen LogP contribution in [-0.2, 0) is 0 Å². The van der Waals surface area contributed by atoms with Crippen LogP contribution in [0.5, 0.6) is 11.5 Å². The summed E-state index contributed by atoms with van der Waals surface area (Å²) in [4.78, 5) is 11.5. The summed E-state index contributed by atoms with van der Waals surface area (Å²) in [6, 6.07) is 3.21. The Bertz CT molecular complexity index is 594. The molecule has 0 radical (unpaired) electrons. The van der Waals surface area contributed by atoms with Crippen molar-refractivity contribution in [3.63, 3.8) is 0 Å². The summed E-state index contributed by atoms with van der Waals surface area (Å²) in [6.07, 6.45) is 7.34. The number of allylic oxidation sites excluding steroid dienone is 1. The number of benzene rings is 1. The first kappa shape index (κ1) is 22.0. The number of carboxylic acids is 1. The number of hydrogen-bond acceptors (Lipinski definition) is 5. The normalized spacial score (nSPS) is 13.6. The summed E-state index contributed by atoms with van der Waals surface area (Å²) in [5, 5.41) is 28.6. The van der Waals surface area contributed by atoms with Gasteiger partial charge in [0.2, 0.25) is 0 Å². The van der Waals surface area contributed by atoms with E-state index in [-0.39, 0.29) is 23.5 Å². The third-order valence-electron chi connectivity index (χ3n) is 4.14. The Balaban J connectivity index is 2.61. The highest BCUT2D eigenvalue weighted by molar-refractivity contribution is 5.95. The molecule has 26 heavy (non-hydrogen) atoms. The number of ether oxygens (including phenoxy) is 2. The molecule has 2 atom stereocenters. The zero-order chi connectivity index (χ0) is 19.5. The monoisotopic (exact) mass is 366 g/mol. The SMILES string of the molecule is COc1cc(C=CCCC[C@H](O)CCC[C@H](C)O)c(C(=O)O)c(OC)c1. The lowest BCUT2D eigenvalue weighted by Crippen LogP contribution is -2.08. The maximum atomic E-state index is 11.5. The summed E-state index contributed by atoms with van der Waals surface area (Å²) in [5.74, 6) is -0.275. The van der Waals surface area contributed by atoms with E-state index in [1.807, 2.05) is 6.08 Å². The lowest BCUT2D eigenvalue weighted by atomic mass is 10.0. The average Bonchev–Trinajstić information content (AvgIpc) is 2.59. The second-order valence-corrected chi connectivity index (χ2v) is 6.37. The molecule has 0 aliphatic carbocycles. The van der Waals surface area contributed by atoms with Gasteiger partial charge in [0.15, 0.2) is 0 Å². The maximum Gasteiger partial charge on any atom is 0.340 e. The van der Waals surface area contributed by atoms with Crippen LogP contribution >= 0.6 is 0 Å². The molecule has 3 N–H and O–H groups in total. The van der Waals surface area contributed by atoms with E-state index < -0.39 is 5.97 Å². The van der Waals surface area contributed by atoms with Crippen LogP contribution in [0.4, 0.5) is 0 Å². The fourth-order valence-corrected chi connectivity index (χ4v) is 2.72. The van der Waals surface area contributed by atoms with Gasteiger partial charge in [-0.05, 0) is 57.1 Å². The number of aliphatic hydroxyl groups excluding tert-OH is 2. The van der Waals surface area contributed by atoms with Gasteiger partial charge in [0.05, 0.1) is 26.4 Å². The molecule has 0 unspecified atom stereocenters. The zero-order valence-corrected chi connectivity index (χ0v) is 15.8. The maximum absolute atomic E-state index is 11.5. The van der Waals surface area contributed by atoms with Gasteiger partial charge in [-0.1, -0.05) is 12.2 Å². The average molecular weight is 366 g/mol. The smallest absolute Gasteiger partial charge is 0.340 e. The Labute approximate surface area is 155 Å². The number of unbranched alkanes of at least 4 members (excludes halogenated alkanes) is 1. The molecule has 6 nitrogen and oxygen atoms in total. The number of methoxy groups -OCH3 is 2. The molecule has 0 amide bonds. The fraction of sp³-hybridized carbons (Fsp3) is 0.550. The Kier molecular flexibility index (Phi) is 9.76. The summed E-state index contributed by atoms with van der Waals surface area (Å²) in [5.41, 5.74) is 0.619. The highest BCUT2D eigenvalue weighted by Gasteiger charge is 2.17. The van der Waals surface area contributed by atoms with E-state index in [1.54, 1.807) is 25.1 Å². The third kappa shape index (κ3) is 7.45. The van der Waals surface area contributed by atoms with Crippen molar-refractivity contribution < 1.29 is 29.6 Å². The minimum atomic E-state index is -1.06. The molecule has 1 aromatic rings. The van der Waals surface area contributed by atoms with E-state index in [9.17, 15) is 20.1 Å². The molecule has 6 heteroatoms. The van der Waals surface area contributed by atoms with Crippen LogP contribution in [0.25, 0.3) is 6.08 Å². The van der Waals surface area contributed by atoms with Crippen molar-refractivity contribution in [3.05, 3.63) is 29.3 Å². The summed E-state index contributed by atoms with van der Waals surface area (Å²) < 4.78 is 10.3. The molecule has 0 saturated heterocycles. The van der Waals surface area contributed by atoms with Crippen LogP contribution in [0.2, 0.25) is 0 Å². The Hall–Kier alpha value is -2.05. The zero-order valence-electron chi connectivity index (χ0n) is 15.8. The molecule has 1 rings (SSSR count). The van der Waals surface area contributed by atoms with Crippen molar-refractivity contribution in [2.45, 2.75) is 57.7 Å². The topological polar surface area (TPSA) is 96.2 Å². The second-order valence-electron chi connectivity index (χ2n) is 6.37. The highest BCUT2D eigenvalue weighted by Crippen LogP contribution is 2.30. The van der Waals surface area contributed by atoms with Crippen LogP contribution in [0.15, 0.2) is 18.2 Å². The summed E-state index contributed by atoms with van der Waals surface area (Å²) >= 11 is 0. The van der Waals surface area contributed by atoms with Gasteiger partial charge >= 0.3 is 5.97 Å². The minimum absolute atomic E-state index is 0.0997. The lowest BCUT2D eigenvalue weighted by Gasteiger charge is -2.11. The number of carboxylic acid groups (broad SMARTS) is 1. The fourth-order valence-electron chi connectivity index (χ4n) is 2.72. The molecule has 146 valence electrons. The van der Waals surface area contributed by atoms with E-state index >= 15 is 0 Å². The van der Waals surface area contributed by atoms with Gasteiger partial charge in [0.25, 0.3) is 0 Å². The van der Waals surface area contributed by atoms with Crippen LogP contribution in [0.1, 0.15) is 61.4 Å². The first-order chi connectivity index (χ1) is 12.4. The number of hydrogen-bond donors (Lipinski definition) is 3. The number of aliphatic hydroxyl groups is 2. The van der Waals surface area contributed by atoms with Gasteiger partial charge in [-0.2, -0.15) is 0 Å². The number of rotatable bonds is 12. The van der Waals surface area contributed by atoms with Crippen molar-refractivity contribution in [1.82, 2.24) is 0 Å². The third-order valence-corrected chi connectivity index (χ3v) is 4.14. The van der Waals surface area contributed by atoms with Gasteiger partial charge in [-0.25, -0.2) is 4.79 Å². The Morgan fingerprint density at radius 2 is 1.81 bits per heavy atom. The van der Waals surface area contributed by atoms with E-state index in [2.05, 4.69) is 0 Å². The molecule has 0 aliphatic rings. The van der Waals surface area contributed by atoms with Crippen LogP contribution in [0, 0.1) is 0 Å². The summed E-state index contributed by atoms with van der Waals surface area (Å²) in [7, 11) is 2.94. The van der Waals surface area contributed by atoms with Gasteiger partial charge in [0.1, 0.15) is 17.1 Å². The quantitative estimate of drug-likeness (QED) is 0.490. The van der Waals surface area contributed by atoms with Crippen LogP contribution < -0.4 is 9.47 Å². The molecule has 0 spiro atoms. The molecule has 0 saturated carbocycles. The van der Waals surface area contributed by atoms with E-state index in [0.29, 0.717) is 30.6 Å². The molecular formula is C20H30O6. The molecule has 0 aromatic heterocycles. The largest absolute Gasteiger partial charge is 0.497 e. The van der Waals surface area contributed by atoms with Crippen molar-refractivity contribution in [1.29, 1.82) is 0 Å². The molecule has 0 fully saturated rings. The van der Waals surface area contributed by atoms with E-state index in [1.165, 1.54) is 14.2 Å². The van der Waals surface area contributed by atoms with Gasteiger partial charge < -0.3 is 24.8 Å². The summed E-state index contributed by atoms with van der Waals surface area (Å²) in [6.45, 7) is 1.75. The molecule has 1 aromatic carbocycles. The van der Waals surface area contributed by atoms with E-state index in [0.717, 1.165) is 19.3 Å². The van der Waals surface area contributed by atoms with Gasteiger partial charge in [0, 0.05) is 6.07 Å². The van der Waals surface area contributed by atoms with Crippen LogP contribution in [-0.4, -0.2) is 47.7 Å². The first-order valence-electron chi connectivity index (χ1n) is 8.91. The van der Waals surface area contributed by atoms with Gasteiger partial charge in [-0.3, -0.25) is 0 Å². The predicted octanol–water partition coefficient (Wildman–Crippen LogP) is 3.50. The molecule has 0 heterocycles. The van der Waals surface area contributed by atoms with Gasteiger partial charge in [-0.15, -0.1) is 0 Å². The Morgan fingerprint density at radius 1 is 1.12 bits per heavy atom. The molecule has 0 aliphatic heterocycles. The molecular weight excluding hydrogens is 336 g/mol. The van der Waals surface area contributed by atoms with Crippen molar-refractivity contribution in [2.75, 3.05) is 14.2 Å². The highest BCUT2D eigenvalue weighted by atomic mass is 16.5. The second kappa shape index (κ2) is 11.5. The first-order valence-corrected chi connectivity index (χ1v) is 8.91. The van der Waals surface area contributed by atoms with Crippen molar-refractivity contribution in [3.8, 4) is 11.5 Å². The van der Waals surface area contributed by atoms with Crippen LogP contribution in [0.3, 0.4) is 0 Å². The Morgan fingerprint density at radius 3 is 2.38 bits per heavy atom. The lowest BCUT2D eigenvalue weighted by molar-refractivity contribution is 0.0693. The number of carbonyl (C=O) groups is 1. The predicted molar refractivity (Wildman–Crippen MR) is 101 cm³/mol. The molecule has 0 bridgehead atoms. The standard InChI is InChI=1S/C20H30O6/c1-14(21)8-7-11-16(22)10-6-4-5-9-15-12-17(25-2)13-18(26-3)19(15)20(23)24/h5,9,12-14,16,21-22H,4,6-8,10-11H2,1-3H3,(H,23,24)/t14-,16-/m0/s1. The minimum Gasteiger partial charge on any atom is -0.497 e. The number of aromatic carboxylic acids is 1. The van der Waals surface area contributed by atoms with Crippen molar-refractivity contribution >= 4 is 12.0 Å². The van der Waals surface area contributed by atoms with Crippen molar-refractivity contribution in [2.24, 2.45) is 0 Å². The van der Waals surface area contributed by atoms with E-state index in [4.69, 9.17) is 9.47 Å².